The molecule has 1 unspecified atom stereocenters. The minimum atomic E-state index is 0.303. The summed E-state index contributed by atoms with van der Waals surface area (Å²) in [6.45, 7) is 2.21. The number of benzene rings is 2. The van der Waals surface area contributed by atoms with Crippen molar-refractivity contribution in [3.8, 4) is 5.75 Å². The van der Waals surface area contributed by atoms with Gasteiger partial charge in [-0.05, 0) is 42.6 Å². The molecule has 1 N–H and O–H groups in total. The van der Waals surface area contributed by atoms with E-state index in [1.165, 1.54) is 23.1 Å². The zero-order chi connectivity index (χ0) is 15.1. The second-order valence-corrected chi connectivity index (χ2v) is 5.35. The highest BCUT2D eigenvalue weighted by molar-refractivity contribution is 5.35. The minimum absolute atomic E-state index is 0.303. The number of likely N-dealkylation sites (N-methyl/N-ethyl adjacent to an activating group) is 1. The van der Waals surface area contributed by atoms with Gasteiger partial charge < -0.3 is 10.1 Å². The van der Waals surface area contributed by atoms with Crippen molar-refractivity contribution in [2.24, 2.45) is 0 Å². The highest BCUT2D eigenvalue weighted by Crippen LogP contribution is 2.25. The number of methoxy groups -OCH3 is 1. The Bertz CT molecular complexity index is 548. The molecular weight excluding hydrogens is 258 g/mol. The SMILES string of the molecule is CCCc1ccc(C(Cc2ccccc2OC)NC)cc1. The Kier molecular flexibility index (Phi) is 5.82. The van der Waals surface area contributed by atoms with Crippen LogP contribution in [0.2, 0.25) is 0 Å². The lowest BCUT2D eigenvalue weighted by Gasteiger charge is -2.18. The van der Waals surface area contributed by atoms with Crippen LogP contribution in [0, 0.1) is 0 Å². The van der Waals surface area contributed by atoms with Gasteiger partial charge in [0.05, 0.1) is 7.11 Å². The second-order valence-electron chi connectivity index (χ2n) is 5.35. The first-order valence-corrected chi connectivity index (χ1v) is 7.66. The molecule has 0 aromatic heterocycles. The van der Waals surface area contributed by atoms with Gasteiger partial charge in [-0.15, -0.1) is 0 Å². The molecule has 0 heterocycles. The summed E-state index contributed by atoms with van der Waals surface area (Å²) in [7, 11) is 3.74. The summed E-state index contributed by atoms with van der Waals surface area (Å²) < 4.78 is 5.45. The zero-order valence-corrected chi connectivity index (χ0v) is 13.2. The summed E-state index contributed by atoms with van der Waals surface area (Å²) in [5.74, 6) is 0.959. The summed E-state index contributed by atoms with van der Waals surface area (Å²) >= 11 is 0. The summed E-state index contributed by atoms with van der Waals surface area (Å²) in [6.07, 6.45) is 3.26. The Hall–Kier alpha value is -1.80. The number of para-hydroxylation sites is 1. The van der Waals surface area contributed by atoms with Crippen LogP contribution in [-0.2, 0) is 12.8 Å². The van der Waals surface area contributed by atoms with Gasteiger partial charge in [-0.2, -0.15) is 0 Å². The summed E-state index contributed by atoms with van der Waals surface area (Å²) in [5.41, 5.74) is 3.97. The van der Waals surface area contributed by atoms with Crippen LogP contribution in [0.1, 0.15) is 36.1 Å². The zero-order valence-electron chi connectivity index (χ0n) is 13.2. The average molecular weight is 283 g/mol. The smallest absolute Gasteiger partial charge is 0.122 e. The molecule has 21 heavy (non-hydrogen) atoms. The van der Waals surface area contributed by atoms with E-state index < -0.39 is 0 Å². The van der Waals surface area contributed by atoms with Crippen molar-refractivity contribution >= 4 is 0 Å². The van der Waals surface area contributed by atoms with Crippen molar-refractivity contribution in [2.75, 3.05) is 14.2 Å². The van der Waals surface area contributed by atoms with Crippen LogP contribution >= 0.6 is 0 Å². The molecule has 0 bridgehead atoms. The summed E-state index contributed by atoms with van der Waals surface area (Å²) in [6, 6.07) is 17.5. The molecule has 0 aliphatic carbocycles. The molecule has 2 rings (SSSR count). The molecule has 0 spiro atoms. The monoisotopic (exact) mass is 283 g/mol. The van der Waals surface area contributed by atoms with E-state index >= 15 is 0 Å². The molecule has 0 radical (unpaired) electrons. The summed E-state index contributed by atoms with van der Waals surface area (Å²) in [5, 5.41) is 3.41. The Morgan fingerprint density at radius 1 is 1.05 bits per heavy atom. The number of hydrogen-bond acceptors (Lipinski definition) is 2. The Balaban J connectivity index is 2.15. The number of rotatable bonds is 7. The molecular formula is C19H25NO. The van der Waals surface area contributed by atoms with Crippen molar-refractivity contribution < 1.29 is 4.74 Å². The van der Waals surface area contributed by atoms with Gasteiger partial charge in [0, 0.05) is 6.04 Å². The van der Waals surface area contributed by atoms with E-state index in [4.69, 9.17) is 4.74 Å². The van der Waals surface area contributed by atoms with Crippen molar-refractivity contribution in [3.63, 3.8) is 0 Å². The molecule has 2 aromatic rings. The third-order valence-electron chi connectivity index (χ3n) is 3.89. The van der Waals surface area contributed by atoms with Crippen LogP contribution in [0.4, 0.5) is 0 Å². The lowest BCUT2D eigenvalue weighted by molar-refractivity contribution is 0.406. The molecule has 0 aliphatic heterocycles. The van der Waals surface area contributed by atoms with E-state index in [1.807, 2.05) is 19.2 Å². The van der Waals surface area contributed by atoms with Crippen molar-refractivity contribution in [1.29, 1.82) is 0 Å². The van der Waals surface area contributed by atoms with E-state index in [0.717, 1.165) is 18.6 Å². The highest BCUT2D eigenvalue weighted by Gasteiger charge is 2.12. The number of nitrogens with one attached hydrogen (secondary N) is 1. The number of aryl methyl sites for hydroxylation is 1. The lowest BCUT2D eigenvalue weighted by Crippen LogP contribution is -2.19. The summed E-state index contributed by atoms with van der Waals surface area (Å²) in [4.78, 5) is 0. The van der Waals surface area contributed by atoms with Crippen LogP contribution in [0.5, 0.6) is 5.75 Å². The van der Waals surface area contributed by atoms with Crippen LogP contribution < -0.4 is 10.1 Å². The molecule has 1 atom stereocenters. The normalized spacial score (nSPS) is 12.1. The molecule has 112 valence electrons. The van der Waals surface area contributed by atoms with Gasteiger partial charge in [0.15, 0.2) is 0 Å². The van der Waals surface area contributed by atoms with E-state index in [1.54, 1.807) is 7.11 Å². The van der Waals surface area contributed by atoms with Crippen LogP contribution in [0.3, 0.4) is 0 Å². The van der Waals surface area contributed by atoms with Crippen molar-refractivity contribution in [1.82, 2.24) is 5.32 Å². The van der Waals surface area contributed by atoms with Gasteiger partial charge in [-0.3, -0.25) is 0 Å². The third kappa shape index (κ3) is 4.08. The minimum Gasteiger partial charge on any atom is -0.496 e. The van der Waals surface area contributed by atoms with E-state index in [2.05, 4.69) is 48.6 Å². The molecule has 0 fully saturated rings. The van der Waals surface area contributed by atoms with Gasteiger partial charge in [-0.25, -0.2) is 0 Å². The van der Waals surface area contributed by atoms with Crippen LogP contribution in [0.25, 0.3) is 0 Å². The predicted octanol–water partition coefficient (Wildman–Crippen LogP) is 4.15. The van der Waals surface area contributed by atoms with E-state index in [-0.39, 0.29) is 0 Å². The van der Waals surface area contributed by atoms with Crippen LogP contribution in [-0.4, -0.2) is 14.2 Å². The fraction of sp³-hybridized carbons (Fsp3) is 0.368. The number of ether oxygens (including phenoxy) is 1. The fourth-order valence-electron chi connectivity index (χ4n) is 2.68. The maximum absolute atomic E-state index is 5.45. The topological polar surface area (TPSA) is 21.3 Å². The van der Waals surface area contributed by atoms with Gasteiger partial charge in [-0.1, -0.05) is 55.8 Å². The predicted molar refractivity (Wildman–Crippen MR) is 88.9 cm³/mol. The van der Waals surface area contributed by atoms with Gasteiger partial charge in [0.25, 0.3) is 0 Å². The Morgan fingerprint density at radius 3 is 2.38 bits per heavy atom. The maximum atomic E-state index is 5.45. The van der Waals surface area contributed by atoms with E-state index in [9.17, 15) is 0 Å². The van der Waals surface area contributed by atoms with Crippen LogP contribution in [0.15, 0.2) is 48.5 Å². The first-order chi connectivity index (χ1) is 10.3. The standard InChI is InChI=1S/C19H25NO/c1-4-7-15-10-12-16(13-11-15)18(20-2)14-17-8-5-6-9-19(17)21-3/h5-6,8-13,18,20H,4,7,14H2,1-3H3. The average Bonchev–Trinajstić information content (AvgIpc) is 2.54. The van der Waals surface area contributed by atoms with Gasteiger partial charge in [0.1, 0.15) is 5.75 Å². The molecule has 0 saturated carbocycles. The first kappa shape index (κ1) is 15.6. The molecule has 0 amide bonds. The maximum Gasteiger partial charge on any atom is 0.122 e. The molecule has 0 aliphatic rings. The quantitative estimate of drug-likeness (QED) is 0.824. The Morgan fingerprint density at radius 2 is 1.76 bits per heavy atom. The van der Waals surface area contributed by atoms with Gasteiger partial charge >= 0.3 is 0 Å². The molecule has 2 aromatic carbocycles. The molecule has 2 heteroatoms. The molecule has 0 saturated heterocycles. The van der Waals surface area contributed by atoms with E-state index in [0.29, 0.717) is 6.04 Å². The van der Waals surface area contributed by atoms with Gasteiger partial charge in [0.2, 0.25) is 0 Å². The van der Waals surface area contributed by atoms with Crippen molar-refractivity contribution in [3.05, 3.63) is 65.2 Å². The molecule has 2 nitrogen and oxygen atoms in total. The highest BCUT2D eigenvalue weighted by atomic mass is 16.5. The number of hydrogen-bond donors (Lipinski definition) is 1. The largest absolute Gasteiger partial charge is 0.496 e. The fourth-order valence-corrected chi connectivity index (χ4v) is 2.68. The third-order valence-corrected chi connectivity index (χ3v) is 3.89. The first-order valence-electron chi connectivity index (χ1n) is 7.66. The lowest BCUT2D eigenvalue weighted by atomic mass is 9.97. The Labute approximate surface area is 128 Å². The van der Waals surface area contributed by atoms with Crippen molar-refractivity contribution in [2.45, 2.75) is 32.2 Å². The second kappa shape index (κ2) is 7.84.